The van der Waals surface area contributed by atoms with Crippen molar-refractivity contribution in [2.24, 2.45) is 11.7 Å². The van der Waals surface area contributed by atoms with Gasteiger partial charge < -0.3 is 30.0 Å². The van der Waals surface area contributed by atoms with Crippen molar-refractivity contribution in [3.05, 3.63) is 11.6 Å². The van der Waals surface area contributed by atoms with Crippen LogP contribution in [0.25, 0.3) is 0 Å². The molecule has 7 heteroatoms. The highest BCUT2D eigenvalue weighted by atomic mass is 16.6. The molecular weight excluding hydrogens is 336 g/mol. The lowest BCUT2D eigenvalue weighted by molar-refractivity contribution is -0.172. The minimum absolute atomic E-state index is 0.0355. The second-order valence-corrected chi connectivity index (χ2v) is 7.93. The highest BCUT2D eigenvalue weighted by Crippen LogP contribution is 2.52. The fourth-order valence-corrected chi connectivity index (χ4v) is 3.95. The zero-order valence-corrected chi connectivity index (χ0v) is 16.7. The number of amides is 1. The van der Waals surface area contributed by atoms with Crippen LogP contribution in [-0.4, -0.2) is 62.9 Å². The Morgan fingerprint density at radius 2 is 2.12 bits per heavy atom. The van der Waals surface area contributed by atoms with E-state index in [0.717, 1.165) is 6.42 Å². The summed E-state index contributed by atoms with van der Waals surface area (Å²) in [5.74, 6) is -0.0355. The number of hydrogen-bond donors (Lipinski definition) is 2. The van der Waals surface area contributed by atoms with Crippen LogP contribution >= 0.6 is 0 Å². The van der Waals surface area contributed by atoms with Crippen LogP contribution in [0.4, 0.5) is 4.79 Å². The molecular formula is C19H34N2O5. The van der Waals surface area contributed by atoms with E-state index in [2.05, 4.69) is 25.2 Å². The monoisotopic (exact) mass is 370 g/mol. The molecule has 0 bridgehead atoms. The van der Waals surface area contributed by atoms with Crippen LogP contribution in [0.2, 0.25) is 0 Å². The van der Waals surface area contributed by atoms with Crippen molar-refractivity contribution in [1.29, 1.82) is 0 Å². The number of nitrogens with two attached hydrogens (primary N) is 1. The number of allylic oxidation sites excluding steroid dienone is 1. The molecule has 1 spiro atoms. The van der Waals surface area contributed by atoms with Crippen LogP contribution in [0.1, 0.15) is 40.5 Å². The third-order valence-corrected chi connectivity index (χ3v) is 5.27. The molecule has 1 heterocycles. The van der Waals surface area contributed by atoms with Gasteiger partial charge in [-0.15, -0.1) is 0 Å². The zero-order valence-electron chi connectivity index (χ0n) is 16.7. The van der Waals surface area contributed by atoms with Crippen LogP contribution < -0.4 is 11.1 Å². The minimum atomic E-state index is -0.487. The molecule has 1 aliphatic heterocycles. The van der Waals surface area contributed by atoms with Crippen molar-refractivity contribution in [3.8, 4) is 0 Å². The van der Waals surface area contributed by atoms with E-state index in [1.54, 1.807) is 7.11 Å². The predicted molar refractivity (Wildman–Crippen MR) is 99.0 cm³/mol. The quantitative estimate of drug-likeness (QED) is 0.501. The van der Waals surface area contributed by atoms with E-state index in [9.17, 15) is 4.79 Å². The molecule has 2 rings (SSSR count). The van der Waals surface area contributed by atoms with Crippen LogP contribution in [0.5, 0.6) is 0 Å². The molecule has 0 aromatic rings. The largest absolute Gasteiger partial charge is 0.443 e. The molecule has 1 saturated heterocycles. The number of alkyl carbamates (subject to hydrolysis) is 1. The normalized spacial score (nSPS) is 30.8. The standard InChI is InChI=1S/C19H34N2O5/c1-13(2)7-11-24-18(3,4)16-15(23-5)14(6-8-19(16)12-25-19)26-17(22)21-10-9-20/h7,14-16H,6,8-12,20H2,1-5H3,(H,21,22)/t14?,15?,16?,19-/m0/s1. The Morgan fingerprint density at radius 1 is 1.42 bits per heavy atom. The summed E-state index contributed by atoms with van der Waals surface area (Å²) in [4.78, 5) is 12.0. The van der Waals surface area contributed by atoms with E-state index in [-0.39, 0.29) is 23.7 Å². The summed E-state index contributed by atoms with van der Waals surface area (Å²) in [5, 5.41) is 2.65. The summed E-state index contributed by atoms with van der Waals surface area (Å²) in [5.41, 5.74) is 5.90. The molecule has 0 aromatic carbocycles. The molecule has 150 valence electrons. The number of carbonyl (C=O) groups is 1. The SMILES string of the molecule is COC1C(OC(=O)NCCN)CC[C@]2(CO2)C1C(C)(C)OCC=C(C)C. The zero-order chi connectivity index (χ0) is 19.4. The summed E-state index contributed by atoms with van der Waals surface area (Å²) in [7, 11) is 1.65. The van der Waals surface area contributed by atoms with Gasteiger partial charge in [0.25, 0.3) is 0 Å². The lowest BCUT2D eigenvalue weighted by atomic mass is 9.68. The van der Waals surface area contributed by atoms with Crippen molar-refractivity contribution >= 4 is 6.09 Å². The average molecular weight is 370 g/mol. The van der Waals surface area contributed by atoms with Gasteiger partial charge in [-0.25, -0.2) is 4.79 Å². The molecule has 0 aromatic heterocycles. The number of rotatable bonds is 8. The Morgan fingerprint density at radius 3 is 2.65 bits per heavy atom. The Kier molecular flexibility index (Phi) is 7.07. The fraction of sp³-hybridized carbons (Fsp3) is 0.842. The Bertz CT molecular complexity index is 512. The van der Waals surface area contributed by atoms with Crippen LogP contribution in [0, 0.1) is 5.92 Å². The van der Waals surface area contributed by atoms with Crippen LogP contribution in [-0.2, 0) is 18.9 Å². The average Bonchev–Trinajstić information content (AvgIpc) is 3.33. The Balaban J connectivity index is 2.12. The molecule has 1 amide bonds. The molecule has 0 radical (unpaired) electrons. The Labute approximate surface area is 156 Å². The second-order valence-electron chi connectivity index (χ2n) is 7.93. The summed E-state index contributed by atoms with van der Waals surface area (Å²) in [6.45, 7) is 10.2. The lowest BCUT2D eigenvalue weighted by Gasteiger charge is -2.47. The molecule has 4 atom stereocenters. The van der Waals surface area contributed by atoms with Gasteiger partial charge in [0.2, 0.25) is 0 Å². The molecule has 3 unspecified atom stereocenters. The number of epoxide rings is 1. The number of carbonyl (C=O) groups excluding carboxylic acids is 1. The van der Waals surface area contributed by atoms with E-state index in [0.29, 0.717) is 32.7 Å². The van der Waals surface area contributed by atoms with Crippen LogP contribution in [0.3, 0.4) is 0 Å². The molecule has 1 aliphatic carbocycles. The molecule has 2 fully saturated rings. The maximum absolute atomic E-state index is 12.0. The van der Waals surface area contributed by atoms with Gasteiger partial charge in [-0.3, -0.25) is 0 Å². The van der Waals surface area contributed by atoms with Gasteiger partial charge in [0, 0.05) is 26.1 Å². The minimum Gasteiger partial charge on any atom is -0.443 e. The van der Waals surface area contributed by atoms with Crippen molar-refractivity contribution < 1.29 is 23.7 Å². The fourth-order valence-electron chi connectivity index (χ4n) is 3.95. The number of methoxy groups -OCH3 is 1. The van der Waals surface area contributed by atoms with E-state index < -0.39 is 11.7 Å². The Hall–Kier alpha value is -1.15. The van der Waals surface area contributed by atoms with Gasteiger partial charge in [0.15, 0.2) is 0 Å². The van der Waals surface area contributed by atoms with E-state index in [1.807, 2.05) is 13.8 Å². The number of hydrogen-bond acceptors (Lipinski definition) is 6. The maximum atomic E-state index is 12.0. The molecule has 3 N–H and O–H groups in total. The topological polar surface area (TPSA) is 95.3 Å². The van der Waals surface area contributed by atoms with E-state index in [1.165, 1.54) is 5.57 Å². The van der Waals surface area contributed by atoms with Crippen molar-refractivity contribution in [3.63, 3.8) is 0 Å². The van der Waals surface area contributed by atoms with Gasteiger partial charge >= 0.3 is 6.09 Å². The van der Waals surface area contributed by atoms with Crippen molar-refractivity contribution in [2.75, 3.05) is 33.4 Å². The number of ether oxygens (including phenoxy) is 4. The summed E-state index contributed by atoms with van der Waals surface area (Å²) in [6, 6.07) is 0. The number of nitrogens with one attached hydrogen (secondary N) is 1. The van der Waals surface area contributed by atoms with Gasteiger partial charge in [-0.05, 0) is 40.5 Å². The summed E-state index contributed by atoms with van der Waals surface area (Å²) >= 11 is 0. The molecule has 7 nitrogen and oxygen atoms in total. The van der Waals surface area contributed by atoms with Gasteiger partial charge in [0.05, 0.1) is 24.4 Å². The molecule has 26 heavy (non-hydrogen) atoms. The van der Waals surface area contributed by atoms with Crippen molar-refractivity contribution in [2.45, 2.75) is 63.9 Å². The van der Waals surface area contributed by atoms with E-state index in [4.69, 9.17) is 24.7 Å². The molecule has 1 saturated carbocycles. The molecule has 2 aliphatic rings. The first-order chi connectivity index (χ1) is 12.3. The van der Waals surface area contributed by atoms with Crippen molar-refractivity contribution in [1.82, 2.24) is 5.32 Å². The summed E-state index contributed by atoms with van der Waals surface area (Å²) in [6.07, 6.45) is 2.48. The first-order valence-corrected chi connectivity index (χ1v) is 9.34. The second kappa shape index (κ2) is 8.69. The predicted octanol–water partition coefficient (Wildman–Crippen LogP) is 2.00. The summed E-state index contributed by atoms with van der Waals surface area (Å²) < 4.78 is 23.5. The van der Waals surface area contributed by atoms with Gasteiger partial charge in [-0.1, -0.05) is 11.6 Å². The van der Waals surface area contributed by atoms with Gasteiger partial charge in [-0.2, -0.15) is 0 Å². The highest BCUT2D eigenvalue weighted by Gasteiger charge is 2.64. The third kappa shape index (κ3) is 4.97. The lowest BCUT2D eigenvalue weighted by Crippen LogP contribution is -2.59. The maximum Gasteiger partial charge on any atom is 0.407 e. The first kappa shape index (κ1) is 21.2. The van der Waals surface area contributed by atoms with Crippen LogP contribution in [0.15, 0.2) is 11.6 Å². The smallest absolute Gasteiger partial charge is 0.407 e. The van der Waals surface area contributed by atoms with Gasteiger partial charge in [0.1, 0.15) is 12.2 Å². The van der Waals surface area contributed by atoms with E-state index >= 15 is 0 Å². The highest BCUT2D eigenvalue weighted by molar-refractivity contribution is 5.67. The first-order valence-electron chi connectivity index (χ1n) is 9.34. The third-order valence-electron chi connectivity index (χ3n) is 5.27.